The van der Waals surface area contributed by atoms with Gasteiger partial charge in [0.1, 0.15) is 16.4 Å². The van der Waals surface area contributed by atoms with Gasteiger partial charge in [0.05, 0.1) is 6.61 Å². The summed E-state index contributed by atoms with van der Waals surface area (Å²) in [6, 6.07) is 0. The standard InChI is InChI=1S/C9H15N3O2S/c1-6-7(10)12-15-8(6)11-4-9(13)2-3-14-5-9/h11,13H,2-5H2,1H3,(H2,10,12). The van der Waals surface area contributed by atoms with Crippen LogP contribution in [-0.4, -0.2) is 34.8 Å². The van der Waals surface area contributed by atoms with Crippen LogP contribution >= 0.6 is 11.5 Å². The molecule has 0 spiro atoms. The molecule has 1 aliphatic rings. The van der Waals surface area contributed by atoms with Gasteiger partial charge in [0.2, 0.25) is 0 Å². The Bertz CT molecular complexity index is 347. The predicted molar refractivity (Wildman–Crippen MR) is 60.1 cm³/mol. The number of anilines is 2. The number of nitrogens with zero attached hydrogens (tertiary/aromatic N) is 1. The summed E-state index contributed by atoms with van der Waals surface area (Å²) in [5.41, 5.74) is 5.83. The summed E-state index contributed by atoms with van der Waals surface area (Å²) in [6.45, 7) is 3.42. The van der Waals surface area contributed by atoms with Crippen molar-refractivity contribution < 1.29 is 9.84 Å². The first-order valence-corrected chi connectivity index (χ1v) is 5.64. The van der Waals surface area contributed by atoms with Crippen molar-refractivity contribution in [2.75, 3.05) is 30.8 Å². The van der Waals surface area contributed by atoms with Gasteiger partial charge in [0.25, 0.3) is 0 Å². The van der Waals surface area contributed by atoms with E-state index < -0.39 is 5.60 Å². The molecule has 2 heterocycles. The lowest BCUT2D eigenvalue weighted by Crippen LogP contribution is -2.37. The van der Waals surface area contributed by atoms with Gasteiger partial charge in [-0.3, -0.25) is 0 Å². The largest absolute Gasteiger partial charge is 0.386 e. The van der Waals surface area contributed by atoms with E-state index in [9.17, 15) is 5.11 Å². The summed E-state index contributed by atoms with van der Waals surface area (Å²) in [4.78, 5) is 0. The highest BCUT2D eigenvalue weighted by Gasteiger charge is 2.32. The van der Waals surface area contributed by atoms with Crippen molar-refractivity contribution in [3.05, 3.63) is 5.56 Å². The minimum Gasteiger partial charge on any atom is -0.386 e. The Balaban J connectivity index is 1.95. The summed E-state index contributed by atoms with van der Waals surface area (Å²) in [5, 5.41) is 14.1. The summed E-state index contributed by atoms with van der Waals surface area (Å²) < 4.78 is 9.19. The number of nitrogens with two attached hydrogens (primary N) is 1. The summed E-state index contributed by atoms with van der Waals surface area (Å²) in [5.74, 6) is 0.553. The molecule has 5 nitrogen and oxygen atoms in total. The van der Waals surface area contributed by atoms with Gasteiger partial charge in [-0.15, -0.1) is 0 Å². The number of ether oxygens (including phenoxy) is 1. The highest BCUT2D eigenvalue weighted by atomic mass is 32.1. The van der Waals surface area contributed by atoms with Crippen LogP contribution in [0.15, 0.2) is 0 Å². The zero-order valence-electron chi connectivity index (χ0n) is 8.62. The fourth-order valence-corrected chi connectivity index (χ4v) is 2.20. The van der Waals surface area contributed by atoms with Gasteiger partial charge in [-0.25, -0.2) is 0 Å². The van der Waals surface area contributed by atoms with Crippen LogP contribution in [0.5, 0.6) is 0 Å². The smallest absolute Gasteiger partial charge is 0.142 e. The quantitative estimate of drug-likeness (QED) is 0.707. The van der Waals surface area contributed by atoms with E-state index in [1.807, 2.05) is 6.92 Å². The van der Waals surface area contributed by atoms with Gasteiger partial charge in [0, 0.05) is 25.1 Å². The van der Waals surface area contributed by atoms with E-state index in [4.69, 9.17) is 10.5 Å². The Morgan fingerprint density at radius 1 is 1.73 bits per heavy atom. The van der Waals surface area contributed by atoms with Crippen LogP contribution in [-0.2, 0) is 4.74 Å². The van der Waals surface area contributed by atoms with Gasteiger partial charge in [-0.2, -0.15) is 4.37 Å². The zero-order chi connectivity index (χ0) is 10.9. The van der Waals surface area contributed by atoms with E-state index >= 15 is 0 Å². The molecule has 84 valence electrons. The number of hydrogen-bond acceptors (Lipinski definition) is 6. The van der Waals surface area contributed by atoms with Gasteiger partial charge in [-0.05, 0) is 18.5 Å². The van der Waals surface area contributed by atoms with Crippen molar-refractivity contribution in [1.29, 1.82) is 0 Å². The maximum Gasteiger partial charge on any atom is 0.142 e. The van der Waals surface area contributed by atoms with Crippen LogP contribution < -0.4 is 11.1 Å². The number of nitrogen functional groups attached to an aromatic ring is 1. The minimum atomic E-state index is -0.745. The third kappa shape index (κ3) is 2.22. The monoisotopic (exact) mass is 229 g/mol. The third-order valence-corrected chi connectivity index (χ3v) is 3.54. The molecule has 15 heavy (non-hydrogen) atoms. The van der Waals surface area contributed by atoms with E-state index in [2.05, 4.69) is 9.69 Å². The molecule has 2 rings (SSSR count). The first-order chi connectivity index (χ1) is 7.11. The lowest BCUT2D eigenvalue weighted by Gasteiger charge is -2.20. The van der Waals surface area contributed by atoms with Gasteiger partial charge >= 0.3 is 0 Å². The van der Waals surface area contributed by atoms with Crippen LogP contribution in [0, 0.1) is 6.92 Å². The molecule has 1 aliphatic heterocycles. The van der Waals surface area contributed by atoms with E-state index in [1.165, 1.54) is 11.5 Å². The molecule has 4 N–H and O–H groups in total. The van der Waals surface area contributed by atoms with Crippen molar-refractivity contribution in [1.82, 2.24) is 4.37 Å². The molecule has 0 saturated carbocycles. The molecule has 0 radical (unpaired) electrons. The lowest BCUT2D eigenvalue weighted by atomic mass is 10.0. The first kappa shape index (κ1) is 10.7. The van der Waals surface area contributed by atoms with E-state index in [0.717, 1.165) is 10.6 Å². The van der Waals surface area contributed by atoms with Crippen molar-refractivity contribution in [3.8, 4) is 0 Å². The number of nitrogens with one attached hydrogen (secondary N) is 1. The summed E-state index contributed by atoms with van der Waals surface area (Å²) in [7, 11) is 0. The maximum absolute atomic E-state index is 10.0. The molecular weight excluding hydrogens is 214 g/mol. The van der Waals surface area contributed by atoms with E-state index in [1.54, 1.807) is 0 Å². The van der Waals surface area contributed by atoms with Crippen LogP contribution in [0.4, 0.5) is 10.8 Å². The van der Waals surface area contributed by atoms with Gasteiger partial charge in [0.15, 0.2) is 0 Å². The lowest BCUT2D eigenvalue weighted by molar-refractivity contribution is 0.0382. The van der Waals surface area contributed by atoms with E-state index in [-0.39, 0.29) is 0 Å². The molecule has 1 saturated heterocycles. The second-order valence-corrected chi connectivity index (χ2v) is 4.68. The Hall–Kier alpha value is -0.850. The Morgan fingerprint density at radius 2 is 2.53 bits per heavy atom. The molecule has 1 unspecified atom stereocenters. The highest BCUT2D eigenvalue weighted by molar-refractivity contribution is 7.10. The second-order valence-electron chi connectivity index (χ2n) is 3.90. The Kier molecular flexibility index (Phi) is 2.81. The van der Waals surface area contributed by atoms with Gasteiger partial charge in [-0.1, -0.05) is 0 Å². The van der Waals surface area contributed by atoms with Crippen molar-refractivity contribution in [2.24, 2.45) is 0 Å². The molecule has 0 aromatic carbocycles. The normalized spacial score (nSPS) is 25.7. The molecular formula is C9H15N3O2S. The van der Waals surface area contributed by atoms with E-state index in [0.29, 0.717) is 32.0 Å². The highest BCUT2D eigenvalue weighted by Crippen LogP contribution is 2.27. The SMILES string of the molecule is Cc1c(N)nsc1NCC1(O)CCOC1. The second kappa shape index (κ2) is 3.96. The van der Waals surface area contributed by atoms with Crippen LogP contribution in [0.25, 0.3) is 0 Å². The number of aromatic nitrogens is 1. The molecule has 1 fully saturated rings. The molecule has 6 heteroatoms. The first-order valence-electron chi connectivity index (χ1n) is 4.86. The molecule has 0 bridgehead atoms. The average Bonchev–Trinajstić information content (AvgIpc) is 2.75. The number of aliphatic hydroxyl groups is 1. The Morgan fingerprint density at radius 3 is 3.07 bits per heavy atom. The molecule has 1 aromatic heterocycles. The van der Waals surface area contributed by atoms with Crippen molar-refractivity contribution >= 4 is 22.4 Å². The average molecular weight is 229 g/mol. The number of hydrogen-bond donors (Lipinski definition) is 3. The molecule has 1 atom stereocenters. The predicted octanol–water partition coefficient (Wildman–Crippen LogP) is 0.597. The number of rotatable bonds is 3. The topological polar surface area (TPSA) is 80.4 Å². The summed E-state index contributed by atoms with van der Waals surface area (Å²) >= 11 is 1.32. The van der Waals surface area contributed by atoms with Crippen molar-refractivity contribution in [2.45, 2.75) is 18.9 Å². The van der Waals surface area contributed by atoms with Gasteiger partial charge < -0.3 is 20.9 Å². The fraction of sp³-hybridized carbons (Fsp3) is 0.667. The third-order valence-electron chi connectivity index (χ3n) is 2.62. The molecule has 1 aromatic rings. The zero-order valence-corrected chi connectivity index (χ0v) is 9.43. The minimum absolute atomic E-state index is 0.396. The maximum atomic E-state index is 10.0. The summed E-state index contributed by atoms with van der Waals surface area (Å²) in [6.07, 6.45) is 0.674. The molecule has 0 aliphatic carbocycles. The van der Waals surface area contributed by atoms with Crippen LogP contribution in [0.2, 0.25) is 0 Å². The molecule has 0 amide bonds. The van der Waals surface area contributed by atoms with Crippen LogP contribution in [0.1, 0.15) is 12.0 Å². The van der Waals surface area contributed by atoms with Crippen molar-refractivity contribution in [3.63, 3.8) is 0 Å². The van der Waals surface area contributed by atoms with Crippen LogP contribution in [0.3, 0.4) is 0 Å². The Labute approximate surface area is 92.4 Å². The fourth-order valence-electron chi connectivity index (χ4n) is 1.49.